The molecule has 2 rings (SSSR count). The number of benzene rings is 1. The zero-order valence-corrected chi connectivity index (χ0v) is 13.8. The van der Waals surface area contributed by atoms with Gasteiger partial charge in [-0.15, -0.1) is 0 Å². The van der Waals surface area contributed by atoms with E-state index >= 15 is 0 Å². The summed E-state index contributed by atoms with van der Waals surface area (Å²) in [4.78, 5) is 0. The highest BCUT2D eigenvalue weighted by Crippen LogP contribution is 2.39. The monoisotopic (exact) mass is 291 g/mol. The van der Waals surface area contributed by atoms with Crippen molar-refractivity contribution in [3.63, 3.8) is 0 Å². The zero-order chi connectivity index (χ0) is 15.5. The Labute approximate surface area is 128 Å². The van der Waals surface area contributed by atoms with Gasteiger partial charge in [-0.25, -0.2) is 0 Å². The molecular weight excluding hydrogens is 262 g/mol. The number of likely N-dealkylation sites (N-methyl/N-ethyl adjacent to an activating group) is 1. The summed E-state index contributed by atoms with van der Waals surface area (Å²) in [7, 11) is 1.91. The third-order valence-electron chi connectivity index (χ3n) is 5.15. The van der Waals surface area contributed by atoms with Crippen LogP contribution < -0.4 is 10.1 Å². The lowest BCUT2D eigenvalue weighted by molar-refractivity contribution is 0.0914. The van der Waals surface area contributed by atoms with Gasteiger partial charge in [0.2, 0.25) is 0 Å². The molecule has 1 saturated carbocycles. The number of nitrogens with one attached hydrogen (secondary N) is 1. The first-order valence-corrected chi connectivity index (χ1v) is 8.00. The summed E-state index contributed by atoms with van der Waals surface area (Å²) >= 11 is 0. The normalized spacial score (nSPS) is 18.3. The quantitative estimate of drug-likeness (QED) is 0.773. The molecule has 3 nitrogen and oxygen atoms in total. The van der Waals surface area contributed by atoms with Crippen LogP contribution in [0.4, 0.5) is 0 Å². The molecule has 0 heterocycles. The van der Waals surface area contributed by atoms with Gasteiger partial charge in [0.1, 0.15) is 12.4 Å². The highest BCUT2D eigenvalue weighted by Gasteiger charge is 2.44. The summed E-state index contributed by atoms with van der Waals surface area (Å²) in [6, 6.07) is 8.38. The van der Waals surface area contributed by atoms with E-state index in [1.165, 1.54) is 18.4 Å². The molecule has 1 aromatic rings. The number of rotatable bonds is 8. The summed E-state index contributed by atoms with van der Waals surface area (Å²) in [5.41, 5.74) is 1.25. The van der Waals surface area contributed by atoms with E-state index in [0.717, 1.165) is 12.2 Å². The van der Waals surface area contributed by atoms with Crippen molar-refractivity contribution in [3.8, 4) is 5.75 Å². The molecule has 0 bridgehead atoms. The molecule has 0 radical (unpaired) electrons. The lowest BCUT2D eigenvalue weighted by Gasteiger charge is -2.31. The average Bonchev–Trinajstić information content (AvgIpc) is 3.35. The predicted molar refractivity (Wildman–Crippen MR) is 86.9 cm³/mol. The summed E-state index contributed by atoms with van der Waals surface area (Å²) in [6.45, 7) is 7.36. The van der Waals surface area contributed by atoms with Crippen LogP contribution >= 0.6 is 0 Å². The third-order valence-corrected chi connectivity index (χ3v) is 5.15. The maximum absolute atomic E-state index is 9.71. The van der Waals surface area contributed by atoms with E-state index in [1.807, 2.05) is 19.2 Å². The number of hydrogen-bond acceptors (Lipinski definition) is 3. The first-order valence-electron chi connectivity index (χ1n) is 8.00. The fourth-order valence-electron chi connectivity index (χ4n) is 2.70. The van der Waals surface area contributed by atoms with Crippen molar-refractivity contribution in [3.05, 3.63) is 29.8 Å². The summed E-state index contributed by atoms with van der Waals surface area (Å²) in [6.07, 6.45) is 3.46. The summed E-state index contributed by atoms with van der Waals surface area (Å²) < 4.78 is 5.93. The van der Waals surface area contributed by atoms with Gasteiger partial charge in [-0.2, -0.15) is 0 Å². The molecule has 0 saturated heterocycles. The van der Waals surface area contributed by atoms with E-state index in [9.17, 15) is 5.11 Å². The topological polar surface area (TPSA) is 41.5 Å². The molecule has 118 valence electrons. The van der Waals surface area contributed by atoms with Gasteiger partial charge in [0.15, 0.2) is 0 Å². The van der Waals surface area contributed by atoms with Crippen molar-refractivity contribution < 1.29 is 9.84 Å². The average molecular weight is 291 g/mol. The second kappa shape index (κ2) is 6.37. The zero-order valence-electron chi connectivity index (χ0n) is 13.8. The Hall–Kier alpha value is -1.06. The fraction of sp³-hybridized carbons (Fsp3) is 0.667. The molecule has 3 heteroatoms. The van der Waals surface area contributed by atoms with Gasteiger partial charge in [-0.05, 0) is 55.3 Å². The maximum atomic E-state index is 9.71. The van der Waals surface area contributed by atoms with Crippen LogP contribution in [0, 0.1) is 5.92 Å². The van der Waals surface area contributed by atoms with E-state index in [2.05, 4.69) is 38.2 Å². The fourth-order valence-corrected chi connectivity index (χ4v) is 2.70. The van der Waals surface area contributed by atoms with Crippen molar-refractivity contribution in [1.82, 2.24) is 5.32 Å². The number of aliphatic hydroxyl groups excluding tert-OH is 1. The molecule has 0 aliphatic heterocycles. The minimum Gasteiger partial charge on any atom is -0.492 e. The van der Waals surface area contributed by atoms with Gasteiger partial charge in [0.25, 0.3) is 0 Å². The highest BCUT2D eigenvalue weighted by atomic mass is 16.5. The van der Waals surface area contributed by atoms with Crippen molar-refractivity contribution in [1.29, 1.82) is 0 Å². The van der Waals surface area contributed by atoms with Gasteiger partial charge in [0, 0.05) is 0 Å². The van der Waals surface area contributed by atoms with E-state index in [1.54, 1.807) is 0 Å². The molecule has 1 aromatic carbocycles. The van der Waals surface area contributed by atoms with Crippen LogP contribution in [0.1, 0.15) is 45.6 Å². The van der Waals surface area contributed by atoms with Crippen molar-refractivity contribution >= 4 is 0 Å². The first-order chi connectivity index (χ1) is 9.97. The Morgan fingerprint density at radius 1 is 1.24 bits per heavy atom. The Kier molecular flexibility index (Phi) is 4.95. The Bertz CT molecular complexity index is 445. The molecule has 1 aliphatic rings. The second-order valence-electron chi connectivity index (χ2n) is 6.89. The van der Waals surface area contributed by atoms with Crippen LogP contribution in [0.2, 0.25) is 0 Å². The van der Waals surface area contributed by atoms with Crippen molar-refractivity contribution in [2.75, 3.05) is 20.3 Å². The van der Waals surface area contributed by atoms with E-state index in [4.69, 9.17) is 4.74 Å². The third kappa shape index (κ3) is 3.58. The van der Waals surface area contributed by atoms with Crippen molar-refractivity contribution in [2.45, 2.75) is 51.0 Å². The molecule has 1 unspecified atom stereocenters. The van der Waals surface area contributed by atoms with Gasteiger partial charge in [-0.1, -0.05) is 32.9 Å². The highest BCUT2D eigenvalue weighted by molar-refractivity contribution is 5.31. The molecule has 1 aliphatic carbocycles. The minimum absolute atomic E-state index is 0.120. The van der Waals surface area contributed by atoms with Crippen LogP contribution in [0.5, 0.6) is 5.75 Å². The smallest absolute Gasteiger partial charge is 0.119 e. The van der Waals surface area contributed by atoms with Crippen LogP contribution in [-0.4, -0.2) is 30.9 Å². The Morgan fingerprint density at radius 3 is 2.29 bits per heavy atom. The molecule has 2 N–H and O–H groups in total. The number of aliphatic hydroxyl groups is 1. The predicted octanol–water partition coefficient (Wildman–Crippen LogP) is 3.11. The Morgan fingerprint density at radius 2 is 1.86 bits per heavy atom. The molecular formula is C18H29NO2. The molecule has 0 amide bonds. The largest absolute Gasteiger partial charge is 0.492 e. The van der Waals surface area contributed by atoms with Crippen LogP contribution in [0.25, 0.3) is 0 Å². The van der Waals surface area contributed by atoms with Crippen molar-refractivity contribution in [2.24, 2.45) is 5.92 Å². The molecule has 1 atom stereocenters. The van der Waals surface area contributed by atoms with Crippen LogP contribution in [0.15, 0.2) is 24.3 Å². The first kappa shape index (κ1) is 16.3. The van der Waals surface area contributed by atoms with Gasteiger partial charge in [0.05, 0.1) is 12.1 Å². The van der Waals surface area contributed by atoms with E-state index in [0.29, 0.717) is 12.5 Å². The molecule has 0 aromatic heterocycles. The summed E-state index contributed by atoms with van der Waals surface area (Å²) in [5.74, 6) is 1.41. The lowest BCUT2D eigenvalue weighted by Crippen LogP contribution is -2.53. The molecule has 21 heavy (non-hydrogen) atoms. The lowest BCUT2D eigenvalue weighted by atomic mass is 9.82. The Balaban J connectivity index is 2.00. The minimum atomic E-state index is -0.290. The van der Waals surface area contributed by atoms with Gasteiger partial charge < -0.3 is 15.2 Å². The number of hydrogen-bond donors (Lipinski definition) is 2. The maximum Gasteiger partial charge on any atom is 0.119 e. The molecule has 1 fully saturated rings. The van der Waals surface area contributed by atoms with E-state index < -0.39 is 0 Å². The van der Waals surface area contributed by atoms with Crippen LogP contribution in [0.3, 0.4) is 0 Å². The van der Waals surface area contributed by atoms with Gasteiger partial charge >= 0.3 is 0 Å². The van der Waals surface area contributed by atoms with Gasteiger partial charge in [-0.3, -0.25) is 0 Å². The van der Waals surface area contributed by atoms with Crippen LogP contribution in [-0.2, 0) is 5.41 Å². The number of ether oxygens (including phenoxy) is 1. The summed E-state index contributed by atoms with van der Waals surface area (Å²) in [5, 5.41) is 13.0. The second-order valence-corrected chi connectivity index (χ2v) is 6.89. The standard InChI is InChI=1S/C18H29NO2/c1-5-17(2,3)14-8-10-16(11-9-14)21-13-18(12-20,19-4)15-6-7-15/h8-11,15,19-20H,5-7,12-13H2,1-4H3. The SMILES string of the molecule is CCC(C)(C)c1ccc(OCC(CO)(NC)C2CC2)cc1. The molecule has 0 spiro atoms. The van der Waals surface area contributed by atoms with E-state index in [-0.39, 0.29) is 17.6 Å².